The normalized spacial score (nSPS) is 19.3. The first-order valence-electron chi connectivity index (χ1n) is 7.36. The number of nitrogens with zero attached hydrogens (tertiary/aromatic N) is 1. The van der Waals surface area contributed by atoms with Gasteiger partial charge in [-0.2, -0.15) is 0 Å². The van der Waals surface area contributed by atoms with Crippen molar-refractivity contribution in [2.75, 3.05) is 14.2 Å². The molecule has 20 heavy (non-hydrogen) atoms. The zero-order chi connectivity index (χ0) is 14.0. The molecular weight excluding hydrogens is 248 g/mol. The molecule has 1 fully saturated rings. The van der Waals surface area contributed by atoms with Crippen LogP contribution in [0, 0.1) is 0 Å². The number of rotatable bonds is 4. The molecule has 3 rings (SSSR count). The molecule has 1 atom stereocenters. The first kappa shape index (κ1) is 13.5. The van der Waals surface area contributed by atoms with Crippen LogP contribution >= 0.6 is 0 Å². The van der Waals surface area contributed by atoms with Crippen LogP contribution in [0.25, 0.3) is 10.9 Å². The minimum absolute atomic E-state index is 0.0844. The van der Waals surface area contributed by atoms with Crippen LogP contribution in [0.1, 0.15) is 37.3 Å². The summed E-state index contributed by atoms with van der Waals surface area (Å²) >= 11 is 0. The average Bonchev–Trinajstić information content (AvgIpc) is 2.98. The van der Waals surface area contributed by atoms with Crippen LogP contribution in [0.3, 0.4) is 0 Å². The van der Waals surface area contributed by atoms with Crippen LogP contribution in [-0.4, -0.2) is 24.7 Å². The molecule has 1 aliphatic rings. The van der Waals surface area contributed by atoms with E-state index in [0.29, 0.717) is 0 Å². The van der Waals surface area contributed by atoms with Gasteiger partial charge < -0.3 is 10.1 Å². The van der Waals surface area contributed by atoms with E-state index in [4.69, 9.17) is 4.74 Å². The number of ether oxygens (including phenoxy) is 1. The van der Waals surface area contributed by atoms with E-state index in [2.05, 4.69) is 34.6 Å². The molecule has 0 saturated heterocycles. The quantitative estimate of drug-likeness (QED) is 0.924. The summed E-state index contributed by atoms with van der Waals surface area (Å²) in [7, 11) is 3.85. The van der Waals surface area contributed by atoms with Gasteiger partial charge in [0.25, 0.3) is 0 Å². The van der Waals surface area contributed by atoms with Gasteiger partial charge in [0.05, 0.1) is 17.2 Å². The molecular formula is C17H22N2O. The van der Waals surface area contributed by atoms with Crippen LogP contribution in [0.5, 0.6) is 0 Å². The van der Waals surface area contributed by atoms with Crippen LogP contribution in [-0.2, 0) is 4.74 Å². The first-order chi connectivity index (χ1) is 9.79. The number of para-hydroxylation sites is 1. The third-order valence-corrected chi connectivity index (χ3v) is 4.62. The summed E-state index contributed by atoms with van der Waals surface area (Å²) in [4.78, 5) is 4.59. The number of pyridine rings is 1. The molecule has 3 nitrogen and oxygen atoms in total. The highest BCUT2D eigenvalue weighted by Crippen LogP contribution is 2.42. The molecule has 1 aliphatic carbocycles. The summed E-state index contributed by atoms with van der Waals surface area (Å²) in [5, 5.41) is 4.64. The van der Waals surface area contributed by atoms with E-state index in [1.54, 1.807) is 0 Å². The topological polar surface area (TPSA) is 34.2 Å². The van der Waals surface area contributed by atoms with Gasteiger partial charge in [-0.05, 0) is 37.6 Å². The lowest BCUT2D eigenvalue weighted by Gasteiger charge is -2.36. The lowest BCUT2D eigenvalue weighted by atomic mass is 9.87. The van der Waals surface area contributed by atoms with E-state index in [0.717, 1.165) is 18.4 Å². The van der Waals surface area contributed by atoms with Gasteiger partial charge in [0.1, 0.15) is 0 Å². The Kier molecular flexibility index (Phi) is 3.72. The van der Waals surface area contributed by atoms with E-state index >= 15 is 0 Å². The fourth-order valence-corrected chi connectivity index (χ4v) is 3.56. The Bertz CT molecular complexity index is 590. The number of methoxy groups -OCH3 is 1. The largest absolute Gasteiger partial charge is 0.376 e. The van der Waals surface area contributed by atoms with Gasteiger partial charge in [0.15, 0.2) is 0 Å². The predicted octanol–water partition coefficient (Wildman–Crippen LogP) is 3.45. The second-order valence-electron chi connectivity index (χ2n) is 5.66. The molecule has 0 spiro atoms. The molecule has 0 bridgehead atoms. The number of hydrogen-bond acceptors (Lipinski definition) is 3. The lowest BCUT2D eigenvalue weighted by molar-refractivity contribution is -0.0349. The molecule has 1 aromatic carbocycles. The first-order valence-corrected chi connectivity index (χ1v) is 7.36. The molecule has 1 saturated carbocycles. The molecule has 106 valence electrons. The molecule has 1 heterocycles. The predicted molar refractivity (Wildman–Crippen MR) is 81.8 cm³/mol. The highest BCUT2D eigenvalue weighted by atomic mass is 16.5. The van der Waals surface area contributed by atoms with Gasteiger partial charge in [0, 0.05) is 18.7 Å². The second-order valence-corrected chi connectivity index (χ2v) is 5.66. The Morgan fingerprint density at radius 1 is 1.25 bits per heavy atom. The zero-order valence-corrected chi connectivity index (χ0v) is 12.2. The number of benzene rings is 1. The van der Waals surface area contributed by atoms with E-state index in [1.807, 2.05) is 26.4 Å². The van der Waals surface area contributed by atoms with E-state index in [1.165, 1.54) is 23.8 Å². The van der Waals surface area contributed by atoms with Crippen molar-refractivity contribution < 1.29 is 4.74 Å². The van der Waals surface area contributed by atoms with Crippen molar-refractivity contribution in [3.63, 3.8) is 0 Å². The van der Waals surface area contributed by atoms with Gasteiger partial charge in [-0.3, -0.25) is 4.98 Å². The molecule has 0 amide bonds. The molecule has 0 radical (unpaired) electrons. The highest BCUT2D eigenvalue weighted by molar-refractivity contribution is 5.78. The Morgan fingerprint density at radius 2 is 2.00 bits per heavy atom. The van der Waals surface area contributed by atoms with Gasteiger partial charge in [-0.1, -0.05) is 31.0 Å². The Morgan fingerprint density at radius 3 is 2.70 bits per heavy atom. The Labute approximate surface area is 120 Å². The fourth-order valence-electron chi connectivity index (χ4n) is 3.56. The highest BCUT2D eigenvalue weighted by Gasteiger charge is 2.41. The molecule has 1 N–H and O–H groups in total. The number of likely N-dealkylation sites (N-methyl/N-ethyl adjacent to an activating group) is 1. The summed E-state index contributed by atoms with van der Waals surface area (Å²) < 4.78 is 5.93. The van der Waals surface area contributed by atoms with Crippen LogP contribution in [0.4, 0.5) is 0 Å². The Hall–Kier alpha value is -1.45. The van der Waals surface area contributed by atoms with Crippen molar-refractivity contribution in [1.29, 1.82) is 0 Å². The maximum absolute atomic E-state index is 5.93. The lowest BCUT2D eigenvalue weighted by Crippen LogP contribution is -2.42. The van der Waals surface area contributed by atoms with Crippen molar-refractivity contribution in [1.82, 2.24) is 10.3 Å². The molecule has 3 heteroatoms. The third kappa shape index (κ3) is 2.21. The monoisotopic (exact) mass is 270 g/mol. The third-order valence-electron chi connectivity index (χ3n) is 4.62. The summed E-state index contributed by atoms with van der Waals surface area (Å²) in [6, 6.07) is 10.7. The second kappa shape index (κ2) is 5.51. The SMILES string of the molecule is CNC(c1cnc2ccccc2c1)C1(OC)CCCC1. The molecule has 2 aromatic rings. The molecule has 0 aliphatic heterocycles. The minimum Gasteiger partial charge on any atom is -0.376 e. The van der Waals surface area contributed by atoms with Gasteiger partial charge in [-0.25, -0.2) is 0 Å². The summed E-state index contributed by atoms with van der Waals surface area (Å²) in [6.45, 7) is 0. The van der Waals surface area contributed by atoms with Crippen LogP contribution < -0.4 is 5.32 Å². The molecule has 1 aromatic heterocycles. The number of fused-ring (bicyclic) bond motifs is 1. The van der Waals surface area contributed by atoms with Crippen molar-refractivity contribution in [2.45, 2.75) is 37.3 Å². The summed E-state index contributed by atoms with van der Waals surface area (Å²) in [6.07, 6.45) is 6.70. The maximum atomic E-state index is 5.93. The standard InChI is InChI=1S/C17H22N2O/c1-18-16(17(20-2)9-5-6-10-17)14-11-13-7-3-4-8-15(13)19-12-14/h3-4,7-8,11-12,16,18H,5-6,9-10H2,1-2H3. The zero-order valence-electron chi connectivity index (χ0n) is 12.2. The van der Waals surface area contributed by atoms with Gasteiger partial charge in [0.2, 0.25) is 0 Å². The average molecular weight is 270 g/mol. The summed E-state index contributed by atoms with van der Waals surface area (Å²) in [5.74, 6) is 0. The van der Waals surface area contributed by atoms with Crippen molar-refractivity contribution in [3.05, 3.63) is 42.1 Å². The maximum Gasteiger partial charge on any atom is 0.0873 e. The van der Waals surface area contributed by atoms with Crippen LogP contribution in [0.2, 0.25) is 0 Å². The smallest absolute Gasteiger partial charge is 0.0873 e. The summed E-state index contributed by atoms with van der Waals surface area (Å²) in [5.41, 5.74) is 2.18. The number of hydrogen-bond donors (Lipinski definition) is 1. The van der Waals surface area contributed by atoms with E-state index in [-0.39, 0.29) is 11.6 Å². The van der Waals surface area contributed by atoms with Gasteiger partial charge in [-0.15, -0.1) is 0 Å². The fraction of sp³-hybridized carbons (Fsp3) is 0.471. The van der Waals surface area contributed by atoms with Crippen molar-refractivity contribution in [2.24, 2.45) is 0 Å². The van der Waals surface area contributed by atoms with E-state index < -0.39 is 0 Å². The Balaban J connectivity index is 2.02. The minimum atomic E-state index is -0.0844. The van der Waals surface area contributed by atoms with Crippen molar-refractivity contribution >= 4 is 10.9 Å². The van der Waals surface area contributed by atoms with Crippen LogP contribution in [0.15, 0.2) is 36.5 Å². The number of aromatic nitrogens is 1. The van der Waals surface area contributed by atoms with Gasteiger partial charge >= 0.3 is 0 Å². The van der Waals surface area contributed by atoms with E-state index in [9.17, 15) is 0 Å². The van der Waals surface area contributed by atoms with Crippen molar-refractivity contribution in [3.8, 4) is 0 Å². The molecule has 1 unspecified atom stereocenters. The number of nitrogens with one attached hydrogen (secondary N) is 1.